The molecule has 2 unspecified atom stereocenters. The van der Waals surface area contributed by atoms with Crippen LogP contribution in [-0.2, 0) is 4.74 Å². The molecule has 1 aliphatic heterocycles. The van der Waals surface area contributed by atoms with Crippen LogP contribution in [0.4, 0.5) is 0 Å². The number of hydrogen-bond acceptors (Lipinski definition) is 4. The van der Waals surface area contributed by atoms with Gasteiger partial charge < -0.3 is 14.9 Å². The van der Waals surface area contributed by atoms with Crippen LogP contribution in [0.2, 0.25) is 0 Å². The Labute approximate surface area is 119 Å². The minimum Gasteiger partial charge on any atom is -0.459 e. The average molecular weight is 274 g/mol. The summed E-state index contributed by atoms with van der Waals surface area (Å²) in [6.07, 6.45) is 1.17. The molecule has 0 amide bonds. The van der Waals surface area contributed by atoms with Crippen LogP contribution in [-0.4, -0.2) is 38.3 Å². The summed E-state index contributed by atoms with van der Waals surface area (Å²) in [4.78, 5) is 2.42. The van der Waals surface area contributed by atoms with Crippen LogP contribution in [0.3, 0.4) is 0 Å². The maximum atomic E-state index is 5.99. The molecule has 0 radical (unpaired) electrons. The summed E-state index contributed by atoms with van der Waals surface area (Å²) < 4.78 is 11.2. The highest BCUT2D eigenvalue weighted by molar-refractivity contribution is 5.77. The lowest BCUT2D eigenvalue weighted by atomic mass is 10.1. The number of benzene rings is 1. The van der Waals surface area contributed by atoms with Gasteiger partial charge in [0.25, 0.3) is 0 Å². The van der Waals surface area contributed by atoms with Crippen molar-refractivity contribution in [2.75, 3.05) is 33.4 Å². The van der Waals surface area contributed by atoms with Gasteiger partial charge in [0.05, 0.1) is 12.6 Å². The van der Waals surface area contributed by atoms with Gasteiger partial charge in [-0.1, -0.05) is 18.2 Å². The van der Waals surface area contributed by atoms with E-state index < -0.39 is 0 Å². The van der Waals surface area contributed by atoms with Crippen molar-refractivity contribution in [2.24, 2.45) is 11.7 Å². The maximum absolute atomic E-state index is 5.99. The molecule has 0 bridgehead atoms. The predicted molar refractivity (Wildman–Crippen MR) is 79.6 cm³/mol. The molecular weight excluding hydrogens is 252 g/mol. The van der Waals surface area contributed by atoms with Gasteiger partial charge in [0.2, 0.25) is 0 Å². The largest absolute Gasteiger partial charge is 0.459 e. The van der Waals surface area contributed by atoms with Gasteiger partial charge in [-0.3, -0.25) is 4.90 Å². The van der Waals surface area contributed by atoms with E-state index >= 15 is 0 Å². The molecule has 1 aliphatic rings. The lowest BCUT2D eigenvalue weighted by Crippen LogP contribution is -2.32. The molecule has 2 N–H and O–H groups in total. The molecule has 3 rings (SSSR count). The molecule has 0 saturated carbocycles. The van der Waals surface area contributed by atoms with Crippen LogP contribution in [0.5, 0.6) is 0 Å². The first-order valence-corrected chi connectivity index (χ1v) is 7.23. The van der Waals surface area contributed by atoms with Crippen LogP contribution in [0, 0.1) is 5.92 Å². The molecule has 2 atom stereocenters. The summed E-state index contributed by atoms with van der Waals surface area (Å²) in [5.74, 6) is 1.59. The van der Waals surface area contributed by atoms with Gasteiger partial charge in [-0.2, -0.15) is 0 Å². The fourth-order valence-corrected chi connectivity index (χ4v) is 3.13. The van der Waals surface area contributed by atoms with Crippen molar-refractivity contribution in [2.45, 2.75) is 12.5 Å². The highest BCUT2D eigenvalue weighted by atomic mass is 16.5. The Morgan fingerprint density at radius 3 is 3.05 bits per heavy atom. The van der Waals surface area contributed by atoms with Gasteiger partial charge >= 0.3 is 0 Å². The van der Waals surface area contributed by atoms with Crippen LogP contribution < -0.4 is 5.73 Å². The van der Waals surface area contributed by atoms with E-state index in [1.165, 1.54) is 6.42 Å². The topological polar surface area (TPSA) is 51.6 Å². The number of nitrogens with two attached hydrogens (primary N) is 1. The van der Waals surface area contributed by atoms with Crippen molar-refractivity contribution < 1.29 is 9.15 Å². The third kappa shape index (κ3) is 2.59. The van der Waals surface area contributed by atoms with Crippen LogP contribution in [0.15, 0.2) is 34.7 Å². The third-order valence-electron chi connectivity index (χ3n) is 4.16. The molecule has 2 heterocycles. The number of ether oxygens (including phenoxy) is 1. The number of hydrogen-bond donors (Lipinski definition) is 1. The minimum atomic E-state index is 0.171. The Morgan fingerprint density at radius 1 is 1.45 bits per heavy atom. The molecule has 108 valence electrons. The van der Waals surface area contributed by atoms with Crippen molar-refractivity contribution in [3.63, 3.8) is 0 Å². The van der Waals surface area contributed by atoms with E-state index in [9.17, 15) is 0 Å². The fourth-order valence-electron chi connectivity index (χ4n) is 3.13. The molecule has 0 spiro atoms. The molecule has 1 aromatic carbocycles. The second-order valence-electron chi connectivity index (χ2n) is 5.54. The second-order valence-corrected chi connectivity index (χ2v) is 5.54. The Morgan fingerprint density at radius 2 is 2.30 bits per heavy atom. The van der Waals surface area contributed by atoms with E-state index in [4.69, 9.17) is 14.9 Å². The summed E-state index contributed by atoms with van der Waals surface area (Å²) in [6, 6.07) is 10.4. The van der Waals surface area contributed by atoms with Crippen molar-refractivity contribution in [3.05, 3.63) is 36.1 Å². The first-order valence-electron chi connectivity index (χ1n) is 7.23. The number of likely N-dealkylation sites (tertiary alicyclic amines) is 1. The monoisotopic (exact) mass is 274 g/mol. The van der Waals surface area contributed by atoms with Gasteiger partial charge in [0.15, 0.2) is 0 Å². The lowest BCUT2D eigenvalue weighted by Gasteiger charge is -2.24. The molecule has 4 heteroatoms. The van der Waals surface area contributed by atoms with Crippen LogP contribution in [0.25, 0.3) is 11.0 Å². The smallest absolute Gasteiger partial charge is 0.134 e. The Balaban J connectivity index is 1.79. The van der Waals surface area contributed by atoms with Gasteiger partial charge in [0.1, 0.15) is 11.3 Å². The quantitative estimate of drug-likeness (QED) is 0.909. The molecule has 20 heavy (non-hydrogen) atoms. The molecule has 4 nitrogen and oxygen atoms in total. The first kappa shape index (κ1) is 13.6. The van der Waals surface area contributed by atoms with Gasteiger partial charge in [0, 0.05) is 25.6 Å². The zero-order valence-corrected chi connectivity index (χ0v) is 11.9. The summed E-state index contributed by atoms with van der Waals surface area (Å²) in [6.45, 7) is 3.51. The highest BCUT2D eigenvalue weighted by Crippen LogP contribution is 2.30. The van der Waals surface area contributed by atoms with E-state index in [1.807, 2.05) is 18.2 Å². The van der Waals surface area contributed by atoms with E-state index in [2.05, 4.69) is 17.0 Å². The molecular formula is C16H22N2O2. The van der Waals surface area contributed by atoms with Gasteiger partial charge in [-0.15, -0.1) is 0 Å². The van der Waals surface area contributed by atoms with Crippen molar-refractivity contribution in [3.8, 4) is 0 Å². The number of fused-ring (bicyclic) bond motifs is 1. The average Bonchev–Trinajstić information content (AvgIpc) is 3.07. The molecule has 1 fully saturated rings. The highest BCUT2D eigenvalue weighted by Gasteiger charge is 2.30. The number of methoxy groups -OCH3 is 1. The molecule has 0 aliphatic carbocycles. The number of rotatable bonds is 5. The van der Waals surface area contributed by atoms with Crippen LogP contribution >= 0.6 is 0 Å². The van der Waals surface area contributed by atoms with E-state index in [1.54, 1.807) is 7.11 Å². The summed E-state index contributed by atoms with van der Waals surface area (Å²) in [5.41, 5.74) is 6.93. The Bertz CT molecular complexity index is 533. The molecule has 1 saturated heterocycles. The number of para-hydroxylation sites is 1. The second kappa shape index (κ2) is 5.95. The zero-order valence-electron chi connectivity index (χ0n) is 11.9. The number of nitrogens with zero attached hydrogens (tertiary/aromatic N) is 1. The van der Waals surface area contributed by atoms with E-state index in [0.29, 0.717) is 12.5 Å². The SMILES string of the molecule is COCC1CCN(C(CN)c2cc3ccccc3o2)C1. The molecule has 1 aromatic heterocycles. The standard InChI is InChI=1S/C16H22N2O2/c1-19-11-12-6-7-18(10-12)14(9-17)16-8-13-4-2-3-5-15(13)20-16/h2-5,8,12,14H,6-7,9-11,17H2,1H3. The van der Waals surface area contributed by atoms with Crippen molar-refractivity contribution >= 4 is 11.0 Å². The van der Waals surface area contributed by atoms with E-state index in [0.717, 1.165) is 36.4 Å². The van der Waals surface area contributed by atoms with Gasteiger partial charge in [-0.25, -0.2) is 0 Å². The van der Waals surface area contributed by atoms with Crippen molar-refractivity contribution in [1.29, 1.82) is 0 Å². The molecule has 2 aromatic rings. The summed E-state index contributed by atoms with van der Waals surface area (Å²) >= 11 is 0. The van der Waals surface area contributed by atoms with E-state index in [-0.39, 0.29) is 6.04 Å². The maximum Gasteiger partial charge on any atom is 0.134 e. The number of furan rings is 1. The predicted octanol–water partition coefficient (Wildman–Crippen LogP) is 2.40. The summed E-state index contributed by atoms with van der Waals surface area (Å²) in [5, 5.41) is 1.15. The fraction of sp³-hybridized carbons (Fsp3) is 0.500. The van der Waals surface area contributed by atoms with Crippen molar-refractivity contribution in [1.82, 2.24) is 4.90 Å². The Kier molecular flexibility index (Phi) is 4.05. The minimum absolute atomic E-state index is 0.171. The first-order chi connectivity index (χ1) is 9.81. The Hall–Kier alpha value is -1.36. The third-order valence-corrected chi connectivity index (χ3v) is 4.16. The van der Waals surface area contributed by atoms with Crippen LogP contribution in [0.1, 0.15) is 18.2 Å². The normalized spacial score (nSPS) is 21.6. The lowest BCUT2D eigenvalue weighted by molar-refractivity contribution is 0.144. The van der Waals surface area contributed by atoms with Gasteiger partial charge in [-0.05, 0) is 31.0 Å². The summed E-state index contributed by atoms with van der Waals surface area (Å²) in [7, 11) is 1.77. The zero-order chi connectivity index (χ0) is 13.9.